The van der Waals surface area contributed by atoms with Gasteiger partial charge in [-0.1, -0.05) is 30.3 Å². The number of aliphatic hydroxyl groups is 1. The van der Waals surface area contributed by atoms with E-state index in [0.29, 0.717) is 5.56 Å². The molecule has 27 heavy (non-hydrogen) atoms. The molecule has 0 spiro atoms. The van der Waals surface area contributed by atoms with Gasteiger partial charge in [0.1, 0.15) is 6.10 Å². The van der Waals surface area contributed by atoms with Crippen LogP contribution in [0.1, 0.15) is 28.9 Å². The first-order chi connectivity index (χ1) is 12.7. The monoisotopic (exact) mass is 391 g/mol. The van der Waals surface area contributed by atoms with Crippen LogP contribution in [0, 0.1) is 0 Å². The highest BCUT2D eigenvalue weighted by atomic mass is 32.2. The highest BCUT2D eigenvalue weighted by Gasteiger charge is 2.31. The smallest absolute Gasteiger partial charge is 0.331 e. The third-order valence-corrected chi connectivity index (χ3v) is 4.96. The van der Waals surface area contributed by atoms with Crippen LogP contribution in [0.15, 0.2) is 59.5 Å². The second kappa shape index (κ2) is 8.79. The Morgan fingerprint density at radius 2 is 1.67 bits per heavy atom. The lowest BCUT2D eigenvalue weighted by atomic mass is 10.0. The van der Waals surface area contributed by atoms with E-state index in [1.165, 1.54) is 24.3 Å². The molecule has 0 fully saturated rings. The third-order valence-electron chi connectivity index (χ3n) is 3.83. The van der Waals surface area contributed by atoms with Crippen molar-refractivity contribution in [1.82, 2.24) is 5.32 Å². The lowest BCUT2D eigenvalue weighted by molar-refractivity contribution is -0.148. The summed E-state index contributed by atoms with van der Waals surface area (Å²) in [6, 6.07) is 12.3. The van der Waals surface area contributed by atoms with Crippen LogP contribution in [0.2, 0.25) is 0 Å². The summed E-state index contributed by atoms with van der Waals surface area (Å²) in [5.41, 5.74) is 0.597. The number of ether oxygens (including phenoxy) is 1. The van der Waals surface area contributed by atoms with E-state index in [4.69, 9.17) is 4.74 Å². The molecule has 7 nitrogen and oxygen atoms in total. The van der Waals surface area contributed by atoms with Gasteiger partial charge in [-0.2, -0.15) is 0 Å². The molecule has 2 atom stereocenters. The van der Waals surface area contributed by atoms with Crippen LogP contribution in [-0.4, -0.2) is 44.3 Å². The van der Waals surface area contributed by atoms with Crippen LogP contribution in [0.3, 0.4) is 0 Å². The van der Waals surface area contributed by atoms with Gasteiger partial charge in [0.05, 0.1) is 11.5 Å². The fraction of sp³-hybridized carbons (Fsp3) is 0.263. The zero-order chi connectivity index (χ0) is 20.0. The van der Waals surface area contributed by atoms with Crippen molar-refractivity contribution < 1.29 is 27.9 Å². The highest BCUT2D eigenvalue weighted by molar-refractivity contribution is 7.90. The Bertz CT molecular complexity index is 894. The van der Waals surface area contributed by atoms with Crippen molar-refractivity contribution in [2.75, 3.05) is 12.9 Å². The summed E-state index contributed by atoms with van der Waals surface area (Å²) in [4.78, 5) is 24.7. The quantitative estimate of drug-likeness (QED) is 0.692. The Kier molecular flexibility index (Phi) is 6.70. The molecule has 1 amide bonds. The molecule has 0 unspecified atom stereocenters. The number of hydrogen-bond donors (Lipinski definition) is 2. The fourth-order valence-electron chi connectivity index (χ4n) is 2.42. The Labute approximate surface area is 157 Å². The van der Waals surface area contributed by atoms with Gasteiger partial charge in [0.15, 0.2) is 15.9 Å². The molecular weight excluding hydrogens is 370 g/mol. The molecule has 8 heteroatoms. The molecule has 144 valence electrons. The van der Waals surface area contributed by atoms with Crippen LogP contribution in [-0.2, 0) is 19.4 Å². The Morgan fingerprint density at radius 1 is 1.07 bits per heavy atom. The summed E-state index contributed by atoms with van der Waals surface area (Å²) in [5, 5.41) is 13.1. The summed E-state index contributed by atoms with van der Waals surface area (Å²) < 4.78 is 28.1. The molecule has 2 aromatic rings. The molecule has 0 aliphatic heterocycles. The minimum absolute atomic E-state index is 0.0796. The van der Waals surface area contributed by atoms with Crippen LogP contribution < -0.4 is 5.32 Å². The number of hydrogen-bond acceptors (Lipinski definition) is 6. The number of aliphatic hydroxyl groups excluding tert-OH is 1. The molecule has 0 heterocycles. The lowest BCUT2D eigenvalue weighted by Gasteiger charge is -2.23. The van der Waals surface area contributed by atoms with Gasteiger partial charge >= 0.3 is 5.97 Å². The number of benzene rings is 2. The van der Waals surface area contributed by atoms with Crippen LogP contribution in [0.4, 0.5) is 0 Å². The molecule has 0 aliphatic rings. The Hall–Kier alpha value is -2.71. The van der Waals surface area contributed by atoms with Crippen LogP contribution >= 0.6 is 0 Å². The molecule has 0 bridgehead atoms. The van der Waals surface area contributed by atoms with Crippen LogP contribution in [0.25, 0.3) is 0 Å². The van der Waals surface area contributed by atoms with Crippen molar-refractivity contribution in [2.24, 2.45) is 0 Å². The molecule has 2 rings (SSSR count). The minimum Gasteiger partial charge on any atom is -0.464 e. The number of rotatable bonds is 7. The van der Waals surface area contributed by atoms with E-state index in [-0.39, 0.29) is 17.1 Å². The summed E-state index contributed by atoms with van der Waals surface area (Å²) in [7, 11) is -3.39. The van der Waals surface area contributed by atoms with E-state index in [1.807, 2.05) is 0 Å². The predicted octanol–water partition coefficient (Wildman–Crippen LogP) is 1.49. The fourth-order valence-corrected chi connectivity index (χ4v) is 3.05. The Morgan fingerprint density at radius 3 is 2.19 bits per heavy atom. The first-order valence-electron chi connectivity index (χ1n) is 8.24. The van der Waals surface area contributed by atoms with Gasteiger partial charge in [-0.15, -0.1) is 0 Å². The average molecular weight is 391 g/mol. The van der Waals surface area contributed by atoms with E-state index >= 15 is 0 Å². The zero-order valence-corrected chi connectivity index (χ0v) is 15.8. The molecule has 0 radical (unpaired) electrons. The van der Waals surface area contributed by atoms with Crippen LogP contribution in [0.5, 0.6) is 0 Å². The van der Waals surface area contributed by atoms with Gasteiger partial charge in [-0.05, 0) is 36.8 Å². The number of nitrogens with one attached hydrogen (secondary N) is 1. The van der Waals surface area contributed by atoms with E-state index in [9.17, 15) is 23.1 Å². The number of esters is 1. The molecule has 0 saturated heterocycles. The summed E-state index contributed by atoms with van der Waals surface area (Å²) >= 11 is 0. The maximum atomic E-state index is 12.4. The van der Waals surface area contributed by atoms with Gasteiger partial charge in [-0.25, -0.2) is 13.2 Å². The average Bonchev–Trinajstić information content (AvgIpc) is 2.65. The first-order valence-corrected chi connectivity index (χ1v) is 10.1. The zero-order valence-electron chi connectivity index (χ0n) is 15.0. The van der Waals surface area contributed by atoms with Crippen molar-refractivity contribution in [2.45, 2.75) is 24.0 Å². The Balaban J connectivity index is 2.27. The lowest BCUT2D eigenvalue weighted by Crippen LogP contribution is -2.46. The van der Waals surface area contributed by atoms with Crippen molar-refractivity contribution in [1.29, 1.82) is 0 Å². The van der Waals surface area contributed by atoms with Gasteiger partial charge in [0.25, 0.3) is 5.91 Å². The van der Waals surface area contributed by atoms with Crippen molar-refractivity contribution >= 4 is 21.7 Å². The van der Waals surface area contributed by atoms with E-state index in [2.05, 4.69) is 5.32 Å². The third kappa shape index (κ3) is 5.38. The number of amides is 1. The predicted molar refractivity (Wildman–Crippen MR) is 98.8 cm³/mol. The number of sulfone groups is 1. The van der Waals surface area contributed by atoms with E-state index in [1.54, 1.807) is 37.3 Å². The maximum Gasteiger partial charge on any atom is 0.331 e. The van der Waals surface area contributed by atoms with E-state index < -0.39 is 33.9 Å². The largest absolute Gasteiger partial charge is 0.464 e. The maximum absolute atomic E-state index is 12.4. The molecule has 0 aliphatic carbocycles. The van der Waals surface area contributed by atoms with Gasteiger partial charge in [0, 0.05) is 11.8 Å². The molecular formula is C19H21NO6S. The second-order valence-electron chi connectivity index (χ2n) is 5.86. The molecule has 2 aromatic carbocycles. The highest BCUT2D eigenvalue weighted by Crippen LogP contribution is 2.21. The SMILES string of the molecule is CCOC(=O)[C@@H](NC(=O)c1ccccc1)[C@H](O)c1ccc(S(C)(=O)=O)cc1. The van der Waals surface area contributed by atoms with Gasteiger partial charge in [0.2, 0.25) is 0 Å². The van der Waals surface area contributed by atoms with Crippen molar-refractivity contribution in [3.05, 3.63) is 65.7 Å². The van der Waals surface area contributed by atoms with Crippen molar-refractivity contribution in [3.63, 3.8) is 0 Å². The first kappa shape index (κ1) is 20.6. The number of carbonyl (C=O) groups excluding carboxylic acids is 2. The standard InChI is InChI=1S/C19H21NO6S/c1-3-26-19(23)16(20-18(22)14-7-5-4-6-8-14)17(21)13-9-11-15(12-10-13)27(2,24)25/h4-12,16-17,21H,3H2,1-2H3,(H,20,22)/t16-,17+/m0/s1. The summed E-state index contributed by atoms with van der Waals surface area (Å²) in [6.45, 7) is 1.69. The topological polar surface area (TPSA) is 110 Å². The molecule has 0 aromatic heterocycles. The second-order valence-corrected chi connectivity index (χ2v) is 7.87. The normalized spacial score (nSPS) is 13.4. The van der Waals surface area contributed by atoms with Crippen molar-refractivity contribution in [3.8, 4) is 0 Å². The number of carbonyl (C=O) groups is 2. The molecule has 0 saturated carbocycles. The van der Waals surface area contributed by atoms with E-state index in [0.717, 1.165) is 6.26 Å². The minimum atomic E-state index is -3.39. The van der Waals surface area contributed by atoms with Gasteiger partial charge < -0.3 is 15.2 Å². The van der Waals surface area contributed by atoms with Gasteiger partial charge in [-0.3, -0.25) is 4.79 Å². The summed E-state index contributed by atoms with van der Waals surface area (Å²) in [5.74, 6) is -1.33. The molecule has 2 N–H and O–H groups in total. The summed E-state index contributed by atoms with van der Waals surface area (Å²) in [6.07, 6.45) is -0.342.